The Balaban J connectivity index is 2.46. The average Bonchev–Trinajstić information content (AvgIpc) is 2.05. The molecule has 1 aliphatic carbocycles. The van der Waals surface area contributed by atoms with Gasteiger partial charge in [-0.2, -0.15) is 0 Å². The van der Waals surface area contributed by atoms with E-state index in [2.05, 4.69) is 30.5 Å². The topological polar surface area (TPSA) is 12.0 Å². The van der Waals surface area contributed by atoms with Crippen LogP contribution in [0.1, 0.15) is 19.8 Å². The number of hydrogen-bond acceptors (Lipinski definition) is 1. The lowest BCUT2D eigenvalue weighted by atomic mass is 9.97. The lowest BCUT2D eigenvalue weighted by molar-refractivity contribution is 0.625. The third-order valence-corrected chi connectivity index (χ3v) is 2.00. The minimum absolute atomic E-state index is 0.775. The van der Waals surface area contributed by atoms with Crippen molar-refractivity contribution in [2.75, 3.05) is 7.05 Å². The fourth-order valence-electron chi connectivity index (χ4n) is 1.15. The standard InChI is InChI=1S/C9H15N/c1-3-8-4-6-9(10-2)7-5-8/h4,6-8,10H,3,5H2,1-2H3. The second-order valence-electron chi connectivity index (χ2n) is 2.67. The van der Waals surface area contributed by atoms with Crippen LogP contribution in [0.25, 0.3) is 0 Å². The molecule has 1 heteroatoms. The van der Waals surface area contributed by atoms with Gasteiger partial charge in [-0.05, 0) is 24.8 Å². The fraction of sp³-hybridized carbons (Fsp3) is 0.556. The quantitative estimate of drug-likeness (QED) is 0.614. The predicted molar refractivity (Wildman–Crippen MR) is 44.7 cm³/mol. The van der Waals surface area contributed by atoms with E-state index in [0.29, 0.717) is 0 Å². The Hall–Kier alpha value is -0.720. The molecule has 1 aliphatic rings. The Morgan fingerprint density at radius 1 is 1.70 bits per heavy atom. The first-order chi connectivity index (χ1) is 4.86. The van der Waals surface area contributed by atoms with E-state index in [1.165, 1.54) is 18.5 Å². The molecule has 0 amide bonds. The second-order valence-corrected chi connectivity index (χ2v) is 2.67. The lowest BCUT2D eigenvalue weighted by Gasteiger charge is -2.13. The molecule has 10 heavy (non-hydrogen) atoms. The molecule has 0 aliphatic heterocycles. The van der Waals surface area contributed by atoms with Gasteiger partial charge in [0.25, 0.3) is 0 Å². The van der Waals surface area contributed by atoms with Gasteiger partial charge in [0.1, 0.15) is 0 Å². The molecule has 0 spiro atoms. The number of allylic oxidation sites excluding steroid dienone is 3. The van der Waals surface area contributed by atoms with Gasteiger partial charge in [0.05, 0.1) is 0 Å². The first-order valence-electron chi connectivity index (χ1n) is 3.93. The summed E-state index contributed by atoms with van der Waals surface area (Å²) in [7, 11) is 1.96. The van der Waals surface area contributed by atoms with Crippen molar-refractivity contribution in [2.45, 2.75) is 19.8 Å². The van der Waals surface area contributed by atoms with E-state index in [0.717, 1.165) is 5.92 Å². The van der Waals surface area contributed by atoms with Crippen LogP contribution in [0.5, 0.6) is 0 Å². The van der Waals surface area contributed by atoms with Crippen molar-refractivity contribution in [2.24, 2.45) is 5.92 Å². The molecule has 1 N–H and O–H groups in total. The normalized spacial score (nSPS) is 24.2. The number of rotatable bonds is 2. The Labute approximate surface area is 62.8 Å². The van der Waals surface area contributed by atoms with Crippen molar-refractivity contribution < 1.29 is 0 Å². The van der Waals surface area contributed by atoms with Crippen molar-refractivity contribution in [1.29, 1.82) is 0 Å². The van der Waals surface area contributed by atoms with Crippen LogP contribution >= 0.6 is 0 Å². The third-order valence-electron chi connectivity index (χ3n) is 2.00. The van der Waals surface area contributed by atoms with Crippen molar-refractivity contribution >= 4 is 0 Å². The van der Waals surface area contributed by atoms with Gasteiger partial charge in [-0.3, -0.25) is 0 Å². The van der Waals surface area contributed by atoms with Gasteiger partial charge in [0.2, 0.25) is 0 Å². The van der Waals surface area contributed by atoms with Crippen molar-refractivity contribution in [3.05, 3.63) is 23.9 Å². The molecule has 0 radical (unpaired) electrons. The molecule has 0 aromatic rings. The zero-order chi connectivity index (χ0) is 7.40. The molecule has 1 rings (SSSR count). The number of hydrogen-bond donors (Lipinski definition) is 1. The van der Waals surface area contributed by atoms with Crippen molar-refractivity contribution in [3.63, 3.8) is 0 Å². The van der Waals surface area contributed by atoms with E-state index in [1.54, 1.807) is 0 Å². The largest absolute Gasteiger partial charge is 0.388 e. The molecular formula is C9H15N. The maximum atomic E-state index is 3.12. The highest BCUT2D eigenvalue weighted by Gasteiger charge is 2.03. The van der Waals surface area contributed by atoms with E-state index >= 15 is 0 Å². The number of likely N-dealkylation sites (N-methyl/N-ethyl adjacent to an activating group) is 1. The van der Waals surface area contributed by atoms with E-state index in [4.69, 9.17) is 0 Å². The highest BCUT2D eigenvalue weighted by molar-refractivity contribution is 5.21. The molecular weight excluding hydrogens is 122 g/mol. The minimum Gasteiger partial charge on any atom is -0.388 e. The van der Waals surface area contributed by atoms with Crippen LogP contribution in [0, 0.1) is 5.92 Å². The number of nitrogens with one attached hydrogen (secondary N) is 1. The Morgan fingerprint density at radius 2 is 2.50 bits per heavy atom. The van der Waals surface area contributed by atoms with Gasteiger partial charge < -0.3 is 5.32 Å². The maximum Gasteiger partial charge on any atom is 0.0294 e. The zero-order valence-electron chi connectivity index (χ0n) is 6.72. The maximum absolute atomic E-state index is 3.12. The fourth-order valence-corrected chi connectivity index (χ4v) is 1.15. The molecule has 0 fully saturated rings. The van der Waals surface area contributed by atoms with Gasteiger partial charge in [0, 0.05) is 12.7 Å². The monoisotopic (exact) mass is 137 g/mol. The summed E-state index contributed by atoms with van der Waals surface area (Å²) < 4.78 is 0. The Morgan fingerprint density at radius 3 is 2.90 bits per heavy atom. The van der Waals surface area contributed by atoms with E-state index in [-0.39, 0.29) is 0 Å². The lowest BCUT2D eigenvalue weighted by Crippen LogP contribution is -2.08. The zero-order valence-corrected chi connectivity index (χ0v) is 6.72. The average molecular weight is 137 g/mol. The summed E-state index contributed by atoms with van der Waals surface area (Å²) in [4.78, 5) is 0. The Bertz CT molecular complexity index is 156. The summed E-state index contributed by atoms with van der Waals surface area (Å²) in [5.74, 6) is 0.775. The molecule has 0 saturated heterocycles. The highest BCUT2D eigenvalue weighted by atomic mass is 14.8. The molecule has 1 nitrogen and oxygen atoms in total. The second kappa shape index (κ2) is 3.45. The summed E-state index contributed by atoms with van der Waals surface area (Å²) in [6, 6.07) is 0. The van der Waals surface area contributed by atoms with Gasteiger partial charge in [-0.25, -0.2) is 0 Å². The van der Waals surface area contributed by atoms with Gasteiger partial charge in [0.15, 0.2) is 0 Å². The molecule has 1 unspecified atom stereocenters. The molecule has 0 aromatic heterocycles. The van der Waals surface area contributed by atoms with Crippen molar-refractivity contribution in [3.8, 4) is 0 Å². The summed E-state index contributed by atoms with van der Waals surface area (Å²) in [6.45, 7) is 2.23. The minimum atomic E-state index is 0.775. The van der Waals surface area contributed by atoms with Gasteiger partial charge >= 0.3 is 0 Å². The summed E-state index contributed by atoms with van der Waals surface area (Å²) >= 11 is 0. The first-order valence-corrected chi connectivity index (χ1v) is 3.93. The van der Waals surface area contributed by atoms with Crippen LogP contribution in [-0.2, 0) is 0 Å². The van der Waals surface area contributed by atoms with Crippen LogP contribution in [0.3, 0.4) is 0 Å². The van der Waals surface area contributed by atoms with Crippen LogP contribution in [0.15, 0.2) is 23.9 Å². The SMILES string of the molecule is CCC1C=CC(NC)=CC1. The predicted octanol–water partition coefficient (Wildman–Crippen LogP) is 2.08. The van der Waals surface area contributed by atoms with E-state index in [1.807, 2.05) is 7.05 Å². The highest BCUT2D eigenvalue weighted by Crippen LogP contribution is 2.16. The van der Waals surface area contributed by atoms with Gasteiger partial charge in [-0.15, -0.1) is 0 Å². The molecule has 0 aromatic carbocycles. The molecule has 1 atom stereocenters. The van der Waals surface area contributed by atoms with E-state index < -0.39 is 0 Å². The molecule has 0 heterocycles. The van der Waals surface area contributed by atoms with Crippen LogP contribution in [-0.4, -0.2) is 7.05 Å². The van der Waals surface area contributed by atoms with Crippen molar-refractivity contribution in [1.82, 2.24) is 5.32 Å². The van der Waals surface area contributed by atoms with Crippen LogP contribution in [0.4, 0.5) is 0 Å². The summed E-state index contributed by atoms with van der Waals surface area (Å²) in [5, 5.41) is 3.12. The van der Waals surface area contributed by atoms with Gasteiger partial charge in [-0.1, -0.05) is 19.1 Å². The molecule has 0 bridgehead atoms. The smallest absolute Gasteiger partial charge is 0.0294 e. The Kier molecular flexibility index (Phi) is 2.55. The molecule has 56 valence electrons. The molecule has 0 saturated carbocycles. The summed E-state index contributed by atoms with van der Waals surface area (Å²) in [5.41, 5.74) is 1.25. The first kappa shape index (κ1) is 7.39. The van der Waals surface area contributed by atoms with Crippen LogP contribution in [0.2, 0.25) is 0 Å². The third kappa shape index (κ3) is 1.63. The van der Waals surface area contributed by atoms with E-state index in [9.17, 15) is 0 Å². The van der Waals surface area contributed by atoms with Crippen LogP contribution < -0.4 is 5.32 Å². The summed E-state index contributed by atoms with van der Waals surface area (Å²) in [6.07, 6.45) is 9.16.